The summed E-state index contributed by atoms with van der Waals surface area (Å²) in [7, 11) is -4.17. The Labute approximate surface area is 221 Å². The number of sulfonamides is 1. The zero-order valence-electron chi connectivity index (χ0n) is 22.6. The first-order valence-electron chi connectivity index (χ1n) is 13.3. The average molecular weight is 529 g/mol. The Balaban J connectivity index is 1.49. The van der Waals surface area contributed by atoms with Crippen LogP contribution in [0.1, 0.15) is 64.2 Å². The first-order chi connectivity index (χ1) is 17.5. The number of carbonyl (C=O) groups is 1. The summed E-state index contributed by atoms with van der Waals surface area (Å²) in [6.45, 7) is 15.0. The molecule has 9 nitrogen and oxygen atoms in total. The van der Waals surface area contributed by atoms with Crippen molar-refractivity contribution in [1.82, 2.24) is 19.6 Å². The number of amides is 1. The van der Waals surface area contributed by atoms with Crippen LogP contribution in [0.15, 0.2) is 41.6 Å². The molecular formula is C27H40N6O3S. The third kappa shape index (κ3) is 6.06. The van der Waals surface area contributed by atoms with Crippen LogP contribution in [0.2, 0.25) is 0 Å². The summed E-state index contributed by atoms with van der Waals surface area (Å²) in [4.78, 5) is 28.8. The number of pyridine rings is 2. The van der Waals surface area contributed by atoms with Crippen LogP contribution in [0.25, 0.3) is 0 Å². The van der Waals surface area contributed by atoms with Crippen molar-refractivity contribution in [3.8, 4) is 0 Å². The van der Waals surface area contributed by atoms with E-state index in [4.69, 9.17) is 0 Å². The zero-order valence-corrected chi connectivity index (χ0v) is 23.5. The minimum Gasteiger partial charge on any atom is -0.354 e. The summed E-state index contributed by atoms with van der Waals surface area (Å²) >= 11 is 0. The number of rotatable bonds is 8. The van der Waals surface area contributed by atoms with Crippen LogP contribution in [0.5, 0.6) is 0 Å². The molecule has 2 unspecified atom stereocenters. The van der Waals surface area contributed by atoms with Gasteiger partial charge in [-0.15, -0.1) is 0 Å². The van der Waals surface area contributed by atoms with E-state index in [1.165, 1.54) is 12.5 Å². The van der Waals surface area contributed by atoms with E-state index < -0.39 is 15.9 Å². The molecular weight excluding hydrogens is 488 g/mol. The Hall–Kier alpha value is -2.72. The lowest BCUT2D eigenvalue weighted by atomic mass is 9.97. The van der Waals surface area contributed by atoms with Crippen molar-refractivity contribution < 1.29 is 13.2 Å². The molecule has 2 aromatic heterocycles. The predicted molar refractivity (Wildman–Crippen MR) is 146 cm³/mol. The molecule has 37 heavy (non-hydrogen) atoms. The Morgan fingerprint density at radius 3 is 2.54 bits per heavy atom. The maximum Gasteiger partial charge on any atom is 0.281 e. The van der Waals surface area contributed by atoms with Crippen LogP contribution >= 0.6 is 0 Å². The molecule has 1 N–H and O–H groups in total. The van der Waals surface area contributed by atoms with Crippen molar-refractivity contribution in [1.29, 1.82) is 0 Å². The van der Waals surface area contributed by atoms with E-state index >= 15 is 0 Å². The first-order valence-corrected chi connectivity index (χ1v) is 14.8. The summed E-state index contributed by atoms with van der Waals surface area (Å²) < 4.78 is 28.7. The van der Waals surface area contributed by atoms with E-state index in [-0.39, 0.29) is 16.1 Å². The molecule has 4 heterocycles. The van der Waals surface area contributed by atoms with E-state index in [0.717, 1.165) is 45.6 Å². The minimum atomic E-state index is -4.17. The minimum absolute atomic E-state index is 0.166. The highest BCUT2D eigenvalue weighted by Crippen LogP contribution is 2.37. The maximum atomic E-state index is 13.2. The lowest BCUT2D eigenvalue weighted by Gasteiger charge is -2.38. The van der Waals surface area contributed by atoms with Crippen LogP contribution < -0.4 is 14.5 Å². The number of hydrogen-bond acceptors (Lipinski definition) is 8. The van der Waals surface area contributed by atoms with Crippen LogP contribution in [-0.2, 0) is 10.0 Å². The molecule has 2 fully saturated rings. The number of hydrogen-bond donors (Lipinski definition) is 1. The molecule has 0 radical (unpaired) electrons. The average Bonchev–Trinajstić information content (AvgIpc) is 3.15. The van der Waals surface area contributed by atoms with Gasteiger partial charge in [-0.25, -0.2) is 14.7 Å². The van der Waals surface area contributed by atoms with Crippen LogP contribution in [0, 0.1) is 5.92 Å². The molecule has 1 amide bonds. The molecule has 202 valence electrons. The Kier molecular flexibility index (Phi) is 8.08. The van der Waals surface area contributed by atoms with Gasteiger partial charge in [-0.2, -0.15) is 8.42 Å². The second kappa shape index (κ2) is 10.9. The molecule has 10 heteroatoms. The Morgan fingerprint density at radius 1 is 1.16 bits per heavy atom. The predicted octanol–water partition coefficient (Wildman–Crippen LogP) is 3.53. The van der Waals surface area contributed by atoms with Gasteiger partial charge in [-0.1, -0.05) is 26.3 Å². The number of nitrogens with one attached hydrogen (secondary N) is 1. The molecule has 2 aliphatic heterocycles. The van der Waals surface area contributed by atoms with Crippen LogP contribution in [0.4, 0.5) is 11.6 Å². The van der Waals surface area contributed by atoms with E-state index in [1.54, 1.807) is 24.4 Å². The van der Waals surface area contributed by atoms with E-state index in [9.17, 15) is 13.2 Å². The SMILES string of the molecule is CCCC(C)N1CCN(c2cccc(S(=O)(=O)NC(=O)c3cccnc3N3CC(C)CC3(C)C)n2)CC1. The summed E-state index contributed by atoms with van der Waals surface area (Å²) in [5.74, 6) is 0.846. The molecule has 2 saturated heterocycles. The number of nitrogens with zero attached hydrogens (tertiary/aromatic N) is 5. The largest absolute Gasteiger partial charge is 0.354 e. The van der Waals surface area contributed by atoms with Gasteiger partial charge >= 0.3 is 0 Å². The third-order valence-corrected chi connectivity index (χ3v) is 8.77. The molecule has 0 aromatic carbocycles. The van der Waals surface area contributed by atoms with Gasteiger partial charge in [0.2, 0.25) is 0 Å². The van der Waals surface area contributed by atoms with Gasteiger partial charge in [-0.3, -0.25) is 9.69 Å². The van der Waals surface area contributed by atoms with Crippen molar-refractivity contribution in [2.45, 2.75) is 70.5 Å². The first kappa shape index (κ1) is 27.3. The fourth-order valence-electron chi connectivity index (χ4n) is 5.70. The van der Waals surface area contributed by atoms with Crippen molar-refractivity contribution in [2.24, 2.45) is 5.92 Å². The molecule has 0 spiro atoms. The van der Waals surface area contributed by atoms with Gasteiger partial charge in [0.05, 0.1) is 5.56 Å². The second-order valence-corrected chi connectivity index (χ2v) is 12.7. The van der Waals surface area contributed by atoms with Gasteiger partial charge in [-0.05, 0) is 63.8 Å². The van der Waals surface area contributed by atoms with Gasteiger partial charge in [0.25, 0.3) is 15.9 Å². The highest BCUT2D eigenvalue weighted by Gasteiger charge is 2.39. The lowest BCUT2D eigenvalue weighted by Crippen LogP contribution is -2.49. The summed E-state index contributed by atoms with van der Waals surface area (Å²) in [5.41, 5.74) is 0.0531. The van der Waals surface area contributed by atoms with Gasteiger partial charge in [0, 0.05) is 50.5 Å². The van der Waals surface area contributed by atoms with Crippen molar-refractivity contribution >= 4 is 27.6 Å². The molecule has 0 aliphatic carbocycles. The molecule has 4 rings (SSSR count). The van der Waals surface area contributed by atoms with Crippen LogP contribution in [-0.4, -0.2) is 73.5 Å². The van der Waals surface area contributed by atoms with E-state index in [0.29, 0.717) is 23.6 Å². The van der Waals surface area contributed by atoms with Crippen molar-refractivity contribution in [3.05, 3.63) is 42.1 Å². The molecule has 0 saturated carbocycles. The normalized spacial score (nSPS) is 21.2. The smallest absolute Gasteiger partial charge is 0.281 e. The topological polar surface area (TPSA) is 98.7 Å². The molecule has 2 aromatic rings. The fourth-order valence-corrected chi connectivity index (χ4v) is 6.63. The van der Waals surface area contributed by atoms with Gasteiger partial charge in [0.1, 0.15) is 11.6 Å². The maximum absolute atomic E-state index is 13.2. The monoisotopic (exact) mass is 528 g/mol. The zero-order chi connectivity index (χ0) is 26.8. The van der Waals surface area contributed by atoms with Crippen molar-refractivity contribution in [3.63, 3.8) is 0 Å². The van der Waals surface area contributed by atoms with Gasteiger partial charge < -0.3 is 9.80 Å². The summed E-state index contributed by atoms with van der Waals surface area (Å²) in [6, 6.07) is 8.73. The second-order valence-electron chi connectivity index (χ2n) is 11.0. The van der Waals surface area contributed by atoms with Crippen molar-refractivity contribution in [2.75, 3.05) is 42.5 Å². The molecule has 2 aliphatic rings. The number of carbonyl (C=O) groups excluding carboxylic acids is 1. The standard InChI is InChI=1S/C27H40N6O3S/c1-6-9-21(3)31-14-16-32(17-15-31)23-11-7-12-24(29-23)37(35,36)30-26(34)22-10-8-13-28-25(22)33-19-20(2)18-27(33,4)5/h7-8,10-13,20-21H,6,9,14-19H2,1-5H3,(H,30,34). The lowest BCUT2D eigenvalue weighted by molar-refractivity contribution is 0.0981. The Morgan fingerprint density at radius 2 is 1.89 bits per heavy atom. The number of piperazine rings is 1. The number of anilines is 2. The molecule has 2 atom stereocenters. The third-order valence-electron chi connectivity index (χ3n) is 7.54. The molecule has 0 bridgehead atoms. The summed E-state index contributed by atoms with van der Waals surface area (Å²) in [5, 5.41) is -0.166. The van der Waals surface area contributed by atoms with Crippen LogP contribution in [0.3, 0.4) is 0 Å². The summed E-state index contributed by atoms with van der Waals surface area (Å²) in [6.07, 6.45) is 4.92. The highest BCUT2D eigenvalue weighted by atomic mass is 32.2. The highest BCUT2D eigenvalue weighted by molar-refractivity contribution is 7.90. The van der Waals surface area contributed by atoms with E-state index in [1.807, 2.05) is 6.07 Å². The van der Waals surface area contributed by atoms with Gasteiger partial charge in [0.15, 0.2) is 5.03 Å². The number of aromatic nitrogens is 2. The quantitative estimate of drug-likeness (QED) is 0.556. The fraction of sp³-hybridized carbons (Fsp3) is 0.593. The van der Waals surface area contributed by atoms with E-state index in [2.05, 4.69) is 64.0 Å². The Bertz CT molecular complexity index is 1210.